The molecule has 2 atom stereocenters. The van der Waals surface area contributed by atoms with E-state index in [1.807, 2.05) is 21.7 Å². The van der Waals surface area contributed by atoms with Crippen LogP contribution < -0.4 is 0 Å². The zero-order valence-electron chi connectivity index (χ0n) is 12.3. The number of hydrogen-bond acceptors (Lipinski definition) is 5. The highest BCUT2D eigenvalue weighted by atomic mass is 32.1. The van der Waals surface area contributed by atoms with Gasteiger partial charge in [-0.1, -0.05) is 0 Å². The number of ether oxygens (including phenoxy) is 1. The molecule has 120 valence electrons. The van der Waals surface area contributed by atoms with Gasteiger partial charge in [0.05, 0.1) is 18.3 Å². The fraction of sp³-hybridized carbons (Fsp3) is 0.600. The second kappa shape index (κ2) is 6.76. The maximum absolute atomic E-state index is 12.5. The van der Waals surface area contributed by atoms with Gasteiger partial charge in [0.25, 0.3) is 5.91 Å². The van der Waals surface area contributed by atoms with Crippen molar-refractivity contribution in [1.82, 2.24) is 9.80 Å². The molecule has 1 aromatic rings. The number of carbonyl (C=O) groups is 2. The molecule has 2 fully saturated rings. The summed E-state index contributed by atoms with van der Waals surface area (Å²) in [6, 6.07) is 1.85. The minimum absolute atomic E-state index is 0.0514. The summed E-state index contributed by atoms with van der Waals surface area (Å²) >= 11 is 1.52. The van der Waals surface area contributed by atoms with Gasteiger partial charge in [0.1, 0.15) is 6.61 Å². The van der Waals surface area contributed by atoms with Gasteiger partial charge in [0, 0.05) is 37.5 Å². The summed E-state index contributed by atoms with van der Waals surface area (Å²) < 4.78 is 5.86. The monoisotopic (exact) mass is 324 g/mol. The van der Waals surface area contributed by atoms with Gasteiger partial charge in [-0.3, -0.25) is 9.59 Å². The Bertz CT molecular complexity index is 534. The Morgan fingerprint density at radius 3 is 2.91 bits per heavy atom. The fourth-order valence-corrected chi connectivity index (χ4v) is 3.76. The van der Waals surface area contributed by atoms with Gasteiger partial charge in [0.15, 0.2) is 0 Å². The smallest absolute Gasteiger partial charge is 0.254 e. The number of amides is 2. The van der Waals surface area contributed by atoms with Crippen molar-refractivity contribution in [3.8, 4) is 0 Å². The van der Waals surface area contributed by atoms with Crippen LogP contribution in [0, 0.1) is 5.92 Å². The first-order chi connectivity index (χ1) is 10.7. The molecule has 2 saturated heterocycles. The number of aliphatic hydroxyl groups excluding tert-OH is 1. The molecular formula is C15H20N2O4S. The highest BCUT2D eigenvalue weighted by Gasteiger charge is 2.36. The van der Waals surface area contributed by atoms with E-state index in [9.17, 15) is 9.59 Å². The van der Waals surface area contributed by atoms with E-state index >= 15 is 0 Å². The van der Waals surface area contributed by atoms with Crippen LogP contribution in [0.3, 0.4) is 0 Å². The van der Waals surface area contributed by atoms with E-state index in [-0.39, 0.29) is 23.8 Å². The van der Waals surface area contributed by atoms with E-state index < -0.39 is 6.61 Å². The Morgan fingerprint density at radius 2 is 2.18 bits per heavy atom. The lowest BCUT2D eigenvalue weighted by Gasteiger charge is -2.37. The highest BCUT2D eigenvalue weighted by Crippen LogP contribution is 2.25. The molecule has 3 rings (SSSR count). The summed E-state index contributed by atoms with van der Waals surface area (Å²) in [5.74, 6) is 0.0460. The molecule has 0 aliphatic carbocycles. The van der Waals surface area contributed by atoms with Crippen LogP contribution in [0.2, 0.25) is 0 Å². The molecule has 0 spiro atoms. The van der Waals surface area contributed by atoms with Crippen LogP contribution in [0.15, 0.2) is 16.8 Å². The number of fused-ring (bicyclic) bond motifs is 1. The van der Waals surface area contributed by atoms with Crippen LogP contribution in [0.25, 0.3) is 0 Å². The Balaban J connectivity index is 1.65. The van der Waals surface area contributed by atoms with Crippen LogP contribution in [-0.2, 0) is 9.53 Å². The number of thiophene rings is 1. The van der Waals surface area contributed by atoms with E-state index in [1.54, 1.807) is 4.90 Å². The normalized spacial score (nSPS) is 25.5. The molecule has 7 heteroatoms. The van der Waals surface area contributed by atoms with Gasteiger partial charge in [-0.05, 0) is 17.9 Å². The summed E-state index contributed by atoms with van der Waals surface area (Å²) in [6.45, 7) is 2.39. The van der Waals surface area contributed by atoms with Crippen molar-refractivity contribution < 1.29 is 19.4 Å². The molecule has 0 bridgehead atoms. The molecule has 0 aromatic carbocycles. The van der Waals surface area contributed by atoms with Crippen LogP contribution in [0.5, 0.6) is 0 Å². The minimum Gasteiger partial charge on any atom is -0.387 e. The standard InChI is InChI=1S/C15H20N2O4S/c18-9-14(19)16-3-1-11-7-17(4-5-21-13(11)8-16)15(20)12-2-6-22-10-12/h2,6,10-11,13,18H,1,3-5,7-9H2/t11-,13-/m1/s1. The van der Waals surface area contributed by atoms with Gasteiger partial charge in [-0.2, -0.15) is 11.3 Å². The first-order valence-electron chi connectivity index (χ1n) is 7.50. The van der Waals surface area contributed by atoms with E-state index in [0.717, 1.165) is 12.0 Å². The lowest BCUT2D eigenvalue weighted by molar-refractivity contribution is -0.139. The number of aliphatic hydroxyl groups is 1. The molecule has 6 nitrogen and oxygen atoms in total. The molecule has 2 aliphatic rings. The number of rotatable bonds is 2. The Morgan fingerprint density at radius 1 is 1.32 bits per heavy atom. The van der Waals surface area contributed by atoms with E-state index in [4.69, 9.17) is 9.84 Å². The summed E-state index contributed by atoms with van der Waals surface area (Å²) in [4.78, 5) is 27.6. The lowest BCUT2D eigenvalue weighted by atomic mass is 9.93. The van der Waals surface area contributed by atoms with Crippen LogP contribution >= 0.6 is 11.3 Å². The molecule has 1 aromatic heterocycles. The third kappa shape index (κ3) is 3.16. The molecule has 0 radical (unpaired) electrons. The van der Waals surface area contributed by atoms with Gasteiger partial charge < -0.3 is 19.6 Å². The minimum atomic E-state index is -0.458. The number of piperidine rings is 1. The van der Waals surface area contributed by atoms with Crippen molar-refractivity contribution >= 4 is 23.2 Å². The predicted molar refractivity (Wildman–Crippen MR) is 81.7 cm³/mol. The van der Waals surface area contributed by atoms with Crippen molar-refractivity contribution in [2.45, 2.75) is 12.5 Å². The Kier molecular flexibility index (Phi) is 4.75. The quantitative estimate of drug-likeness (QED) is 0.856. The van der Waals surface area contributed by atoms with Crippen LogP contribution in [0.4, 0.5) is 0 Å². The van der Waals surface area contributed by atoms with Gasteiger partial charge in [0.2, 0.25) is 5.91 Å². The van der Waals surface area contributed by atoms with Crippen molar-refractivity contribution in [2.75, 3.05) is 39.4 Å². The van der Waals surface area contributed by atoms with Crippen molar-refractivity contribution in [3.63, 3.8) is 0 Å². The number of likely N-dealkylation sites (tertiary alicyclic amines) is 1. The first-order valence-corrected chi connectivity index (χ1v) is 8.45. The van der Waals surface area contributed by atoms with Gasteiger partial charge in [-0.25, -0.2) is 0 Å². The maximum Gasteiger partial charge on any atom is 0.254 e. The maximum atomic E-state index is 12.5. The highest BCUT2D eigenvalue weighted by molar-refractivity contribution is 7.08. The van der Waals surface area contributed by atoms with E-state index in [1.165, 1.54) is 11.3 Å². The molecule has 0 saturated carbocycles. The molecular weight excluding hydrogens is 304 g/mol. The zero-order valence-corrected chi connectivity index (χ0v) is 13.1. The van der Waals surface area contributed by atoms with Crippen LogP contribution in [0.1, 0.15) is 16.8 Å². The average molecular weight is 324 g/mol. The number of nitrogens with zero attached hydrogens (tertiary/aromatic N) is 2. The number of hydrogen-bond donors (Lipinski definition) is 1. The third-order valence-corrected chi connectivity index (χ3v) is 5.07. The van der Waals surface area contributed by atoms with Gasteiger partial charge in [-0.15, -0.1) is 0 Å². The summed E-state index contributed by atoms with van der Waals surface area (Å²) in [5, 5.41) is 12.8. The van der Waals surface area contributed by atoms with Crippen LogP contribution in [-0.4, -0.2) is 72.2 Å². The average Bonchev–Trinajstić information content (AvgIpc) is 2.99. The second-order valence-corrected chi connectivity index (χ2v) is 6.50. The molecule has 1 N–H and O–H groups in total. The summed E-state index contributed by atoms with van der Waals surface area (Å²) in [5.41, 5.74) is 0.733. The second-order valence-electron chi connectivity index (χ2n) is 5.72. The molecule has 3 heterocycles. The zero-order chi connectivity index (χ0) is 15.5. The number of carbonyl (C=O) groups excluding carboxylic acids is 2. The van der Waals surface area contributed by atoms with E-state index in [0.29, 0.717) is 32.8 Å². The molecule has 22 heavy (non-hydrogen) atoms. The van der Waals surface area contributed by atoms with Crippen molar-refractivity contribution in [3.05, 3.63) is 22.4 Å². The molecule has 2 aliphatic heterocycles. The third-order valence-electron chi connectivity index (χ3n) is 4.39. The molecule has 0 unspecified atom stereocenters. The fourth-order valence-electron chi connectivity index (χ4n) is 3.13. The lowest BCUT2D eigenvalue weighted by Crippen LogP contribution is -2.50. The predicted octanol–water partition coefficient (Wildman–Crippen LogP) is 0.430. The Hall–Kier alpha value is -1.44. The first kappa shape index (κ1) is 15.5. The van der Waals surface area contributed by atoms with E-state index in [2.05, 4.69) is 0 Å². The summed E-state index contributed by atoms with van der Waals surface area (Å²) in [7, 11) is 0. The summed E-state index contributed by atoms with van der Waals surface area (Å²) in [6.07, 6.45) is 0.744. The van der Waals surface area contributed by atoms with Crippen molar-refractivity contribution in [2.24, 2.45) is 5.92 Å². The van der Waals surface area contributed by atoms with Crippen molar-refractivity contribution in [1.29, 1.82) is 0 Å². The topological polar surface area (TPSA) is 70.1 Å². The van der Waals surface area contributed by atoms with Gasteiger partial charge >= 0.3 is 0 Å². The SMILES string of the molecule is O=C(CO)N1CC[C@@H]2CN(C(=O)c3ccsc3)CCO[C@@H]2C1. The molecule has 2 amide bonds. The largest absolute Gasteiger partial charge is 0.387 e. The Labute approximate surface area is 133 Å².